The van der Waals surface area contributed by atoms with Gasteiger partial charge in [-0.1, -0.05) is 37.9 Å². The molecule has 0 heterocycles. The van der Waals surface area contributed by atoms with Crippen LogP contribution in [0.3, 0.4) is 0 Å². The molecule has 0 aliphatic carbocycles. The predicted octanol–water partition coefficient (Wildman–Crippen LogP) is 3.33. The third-order valence-corrected chi connectivity index (χ3v) is 3.95. The van der Waals surface area contributed by atoms with E-state index < -0.39 is 0 Å². The van der Waals surface area contributed by atoms with Crippen LogP contribution >= 0.6 is 11.6 Å². The predicted molar refractivity (Wildman–Crippen MR) is 81.9 cm³/mol. The largest absolute Gasteiger partial charge is 0.496 e. The fraction of sp³-hybridized carbons (Fsp3) is 0.600. The maximum atomic E-state index is 6.33. The second kappa shape index (κ2) is 7.73. The van der Waals surface area contributed by atoms with Gasteiger partial charge in [-0.25, -0.2) is 0 Å². The maximum absolute atomic E-state index is 6.33. The second-order valence-corrected chi connectivity index (χ2v) is 5.47. The van der Waals surface area contributed by atoms with Crippen LogP contribution in [0.5, 0.6) is 5.75 Å². The Bertz CT molecular complexity index is 398. The molecule has 0 aliphatic heterocycles. The van der Waals surface area contributed by atoms with Gasteiger partial charge in [0.2, 0.25) is 0 Å². The lowest BCUT2D eigenvalue weighted by atomic mass is 10.0. The number of rotatable bonds is 7. The first-order chi connectivity index (χ1) is 9.04. The van der Waals surface area contributed by atoms with E-state index in [-0.39, 0.29) is 6.04 Å². The minimum Gasteiger partial charge on any atom is -0.496 e. The van der Waals surface area contributed by atoms with E-state index >= 15 is 0 Å². The van der Waals surface area contributed by atoms with Gasteiger partial charge in [0.15, 0.2) is 0 Å². The molecule has 4 heteroatoms. The minimum atomic E-state index is 0.0812. The summed E-state index contributed by atoms with van der Waals surface area (Å²) >= 11 is 6.33. The Balaban J connectivity index is 3.02. The van der Waals surface area contributed by atoms with Crippen molar-refractivity contribution in [2.75, 3.05) is 27.2 Å². The lowest BCUT2D eigenvalue weighted by Crippen LogP contribution is -2.34. The molecule has 0 radical (unpaired) electrons. The van der Waals surface area contributed by atoms with Crippen LogP contribution in [0.4, 0.5) is 0 Å². The van der Waals surface area contributed by atoms with Crippen molar-refractivity contribution in [2.24, 2.45) is 11.7 Å². The zero-order chi connectivity index (χ0) is 14.4. The first kappa shape index (κ1) is 16.3. The fourth-order valence-corrected chi connectivity index (χ4v) is 2.58. The molecule has 1 aromatic rings. The third-order valence-electron chi connectivity index (χ3n) is 3.62. The standard InChI is InChI=1S/C15H25ClN2O/c1-5-11(2)10-18(3)13(9-17)15-12(16)7-6-8-14(15)19-4/h6-8,11,13H,5,9-10,17H2,1-4H3. The van der Waals surface area contributed by atoms with E-state index in [1.54, 1.807) is 7.11 Å². The second-order valence-electron chi connectivity index (χ2n) is 5.06. The highest BCUT2D eigenvalue weighted by Crippen LogP contribution is 2.34. The fourth-order valence-electron chi connectivity index (χ4n) is 2.28. The van der Waals surface area contributed by atoms with Gasteiger partial charge in [0.25, 0.3) is 0 Å². The van der Waals surface area contributed by atoms with Crippen LogP contribution in [0.2, 0.25) is 5.02 Å². The van der Waals surface area contributed by atoms with Crippen LogP contribution in [0, 0.1) is 5.92 Å². The van der Waals surface area contributed by atoms with Gasteiger partial charge in [0.05, 0.1) is 13.2 Å². The molecule has 0 amide bonds. The van der Waals surface area contributed by atoms with Gasteiger partial charge in [-0.05, 0) is 25.1 Å². The zero-order valence-corrected chi connectivity index (χ0v) is 13.1. The molecular weight excluding hydrogens is 260 g/mol. The average molecular weight is 285 g/mol. The molecule has 0 fully saturated rings. The molecule has 3 nitrogen and oxygen atoms in total. The molecule has 0 aliphatic rings. The number of benzene rings is 1. The van der Waals surface area contributed by atoms with E-state index in [1.807, 2.05) is 18.2 Å². The van der Waals surface area contributed by atoms with Gasteiger partial charge in [-0.3, -0.25) is 4.90 Å². The van der Waals surface area contributed by atoms with Gasteiger partial charge >= 0.3 is 0 Å². The van der Waals surface area contributed by atoms with Crippen molar-refractivity contribution in [1.29, 1.82) is 0 Å². The van der Waals surface area contributed by atoms with Gasteiger partial charge in [0.1, 0.15) is 5.75 Å². The molecule has 0 spiro atoms. The highest BCUT2D eigenvalue weighted by Gasteiger charge is 2.22. The Kier molecular flexibility index (Phi) is 6.63. The molecule has 2 atom stereocenters. The summed E-state index contributed by atoms with van der Waals surface area (Å²) in [7, 11) is 3.75. The highest BCUT2D eigenvalue weighted by atomic mass is 35.5. The van der Waals surface area contributed by atoms with Gasteiger partial charge in [-0.2, -0.15) is 0 Å². The Labute approximate surface area is 121 Å². The number of hydrogen-bond acceptors (Lipinski definition) is 3. The Morgan fingerprint density at radius 2 is 2.11 bits per heavy atom. The van der Waals surface area contributed by atoms with E-state index in [0.717, 1.165) is 24.3 Å². The SMILES string of the molecule is CCC(C)CN(C)C(CN)c1c(Cl)cccc1OC. The summed E-state index contributed by atoms with van der Waals surface area (Å²) < 4.78 is 5.42. The van der Waals surface area contributed by atoms with Crippen LogP contribution in [-0.2, 0) is 0 Å². The summed E-state index contributed by atoms with van der Waals surface area (Å²) in [6.45, 7) is 5.96. The van der Waals surface area contributed by atoms with Crippen LogP contribution in [0.15, 0.2) is 18.2 Å². The Hall–Kier alpha value is -0.770. The number of nitrogens with two attached hydrogens (primary N) is 1. The quantitative estimate of drug-likeness (QED) is 0.835. The number of nitrogens with zero attached hydrogens (tertiary/aromatic N) is 1. The number of halogens is 1. The minimum absolute atomic E-state index is 0.0812. The topological polar surface area (TPSA) is 38.5 Å². The molecule has 0 saturated carbocycles. The van der Waals surface area contributed by atoms with Gasteiger partial charge in [0, 0.05) is 23.7 Å². The van der Waals surface area contributed by atoms with Crippen molar-refractivity contribution in [3.05, 3.63) is 28.8 Å². The zero-order valence-electron chi connectivity index (χ0n) is 12.3. The van der Waals surface area contributed by atoms with Crippen molar-refractivity contribution >= 4 is 11.6 Å². The Morgan fingerprint density at radius 1 is 1.42 bits per heavy atom. The summed E-state index contributed by atoms with van der Waals surface area (Å²) in [6, 6.07) is 5.80. The van der Waals surface area contributed by atoms with Crippen molar-refractivity contribution in [3.63, 3.8) is 0 Å². The van der Waals surface area contributed by atoms with Crippen LogP contribution < -0.4 is 10.5 Å². The normalized spacial score (nSPS) is 14.5. The van der Waals surface area contributed by atoms with Crippen LogP contribution in [0.1, 0.15) is 31.9 Å². The number of hydrogen-bond donors (Lipinski definition) is 1. The number of methoxy groups -OCH3 is 1. The molecule has 2 unspecified atom stereocenters. The average Bonchev–Trinajstić information content (AvgIpc) is 2.41. The molecule has 0 saturated heterocycles. The van der Waals surface area contributed by atoms with Crippen molar-refractivity contribution in [3.8, 4) is 5.75 Å². The van der Waals surface area contributed by atoms with Crippen molar-refractivity contribution in [1.82, 2.24) is 4.90 Å². The number of ether oxygens (including phenoxy) is 1. The summed E-state index contributed by atoms with van der Waals surface area (Å²) in [6.07, 6.45) is 1.15. The van der Waals surface area contributed by atoms with Crippen LogP contribution in [0.25, 0.3) is 0 Å². The van der Waals surface area contributed by atoms with Crippen molar-refractivity contribution < 1.29 is 4.74 Å². The number of likely N-dealkylation sites (N-methyl/N-ethyl adjacent to an activating group) is 1. The van der Waals surface area contributed by atoms with Gasteiger partial charge in [-0.15, -0.1) is 0 Å². The Morgan fingerprint density at radius 3 is 2.63 bits per heavy atom. The molecule has 0 aromatic heterocycles. The highest BCUT2D eigenvalue weighted by molar-refractivity contribution is 6.31. The van der Waals surface area contributed by atoms with E-state index in [4.69, 9.17) is 22.1 Å². The molecule has 108 valence electrons. The molecule has 2 N–H and O–H groups in total. The molecule has 0 bridgehead atoms. The van der Waals surface area contributed by atoms with Crippen molar-refractivity contribution in [2.45, 2.75) is 26.3 Å². The molecule has 1 rings (SSSR count). The third kappa shape index (κ3) is 4.10. The first-order valence-corrected chi connectivity index (χ1v) is 7.15. The van der Waals surface area contributed by atoms with Crippen LogP contribution in [-0.4, -0.2) is 32.1 Å². The van der Waals surface area contributed by atoms with E-state index in [0.29, 0.717) is 17.5 Å². The molecular formula is C15H25ClN2O. The summed E-state index contributed by atoms with van der Waals surface area (Å²) in [5.74, 6) is 1.44. The molecule has 1 aromatic carbocycles. The van der Waals surface area contributed by atoms with E-state index in [2.05, 4.69) is 25.8 Å². The van der Waals surface area contributed by atoms with Gasteiger partial charge < -0.3 is 10.5 Å². The summed E-state index contributed by atoms with van der Waals surface area (Å²) in [5, 5.41) is 0.714. The maximum Gasteiger partial charge on any atom is 0.125 e. The monoisotopic (exact) mass is 284 g/mol. The lowest BCUT2D eigenvalue weighted by Gasteiger charge is -2.31. The lowest BCUT2D eigenvalue weighted by molar-refractivity contribution is 0.211. The summed E-state index contributed by atoms with van der Waals surface area (Å²) in [5.41, 5.74) is 6.95. The summed E-state index contributed by atoms with van der Waals surface area (Å²) in [4.78, 5) is 2.26. The van der Waals surface area contributed by atoms with E-state index in [1.165, 1.54) is 0 Å². The van der Waals surface area contributed by atoms with E-state index in [9.17, 15) is 0 Å². The first-order valence-electron chi connectivity index (χ1n) is 6.77. The molecule has 19 heavy (non-hydrogen) atoms. The smallest absolute Gasteiger partial charge is 0.125 e.